The fraction of sp³-hybridized carbons (Fsp3) is 0.571. The molecule has 0 aliphatic carbocycles. The molecule has 1 rings (SSSR count). The SMILES string of the molecule is CCc1ccc(NCCCCCCN)cc1. The summed E-state index contributed by atoms with van der Waals surface area (Å²) in [7, 11) is 0. The normalized spacial score (nSPS) is 10.4. The average molecular weight is 220 g/mol. The fourth-order valence-electron chi connectivity index (χ4n) is 1.71. The van der Waals surface area contributed by atoms with Crippen LogP contribution in [0.25, 0.3) is 0 Å². The third-order valence-corrected chi connectivity index (χ3v) is 2.82. The Balaban J connectivity index is 2.12. The number of unbranched alkanes of at least 4 members (excludes halogenated alkanes) is 3. The standard InChI is InChI=1S/C14H24N2/c1-2-13-7-9-14(10-8-13)16-12-6-4-3-5-11-15/h7-10,16H,2-6,11-12,15H2,1H3. The number of hydrogen-bond donors (Lipinski definition) is 2. The number of hydrogen-bond acceptors (Lipinski definition) is 2. The molecular weight excluding hydrogens is 196 g/mol. The van der Waals surface area contributed by atoms with Gasteiger partial charge in [-0.05, 0) is 43.5 Å². The Morgan fingerprint density at radius 3 is 2.31 bits per heavy atom. The zero-order valence-corrected chi connectivity index (χ0v) is 10.3. The third kappa shape index (κ3) is 5.17. The molecule has 0 saturated heterocycles. The van der Waals surface area contributed by atoms with E-state index in [1.165, 1.54) is 30.5 Å². The van der Waals surface area contributed by atoms with Gasteiger partial charge in [0.25, 0.3) is 0 Å². The van der Waals surface area contributed by atoms with Crippen LogP contribution in [-0.2, 0) is 6.42 Å². The van der Waals surface area contributed by atoms with Gasteiger partial charge < -0.3 is 11.1 Å². The topological polar surface area (TPSA) is 38.0 Å². The van der Waals surface area contributed by atoms with Gasteiger partial charge in [0, 0.05) is 12.2 Å². The Labute approximate surface area is 99.2 Å². The highest BCUT2D eigenvalue weighted by atomic mass is 14.9. The molecular formula is C14H24N2. The Hall–Kier alpha value is -1.02. The maximum absolute atomic E-state index is 5.45. The van der Waals surface area contributed by atoms with Crippen molar-refractivity contribution in [1.29, 1.82) is 0 Å². The predicted molar refractivity (Wildman–Crippen MR) is 71.8 cm³/mol. The Kier molecular flexibility index (Phi) is 6.66. The van der Waals surface area contributed by atoms with E-state index in [-0.39, 0.29) is 0 Å². The molecule has 0 aromatic heterocycles. The lowest BCUT2D eigenvalue weighted by molar-refractivity contribution is 0.661. The van der Waals surface area contributed by atoms with Crippen LogP contribution in [0, 0.1) is 0 Å². The van der Waals surface area contributed by atoms with Crippen LogP contribution in [0.2, 0.25) is 0 Å². The minimum atomic E-state index is 0.825. The predicted octanol–water partition coefficient (Wildman–Crippen LogP) is 3.18. The molecule has 1 aromatic rings. The molecule has 0 saturated carbocycles. The number of nitrogens with two attached hydrogens (primary N) is 1. The van der Waals surface area contributed by atoms with Crippen LogP contribution in [-0.4, -0.2) is 13.1 Å². The summed E-state index contributed by atoms with van der Waals surface area (Å²) in [5.74, 6) is 0. The Morgan fingerprint density at radius 2 is 1.69 bits per heavy atom. The van der Waals surface area contributed by atoms with Crippen molar-refractivity contribution in [2.75, 3.05) is 18.4 Å². The molecule has 0 atom stereocenters. The van der Waals surface area contributed by atoms with Crippen LogP contribution in [0.5, 0.6) is 0 Å². The summed E-state index contributed by atoms with van der Waals surface area (Å²) >= 11 is 0. The summed E-state index contributed by atoms with van der Waals surface area (Å²) < 4.78 is 0. The van der Waals surface area contributed by atoms with Crippen molar-refractivity contribution in [3.05, 3.63) is 29.8 Å². The maximum Gasteiger partial charge on any atom is 0.0340 e. The molecule has 90 valence electrons. The van der Waals surface area contributed by atoms with E-state index in [1.807, 2.05) is 0 Å². The van der Waals surface area contributed by atoms with Gasteiger partial charge in [0.2, 0.25) is 0 Å². The van der Waals surface area contributed by atoms with Gasteiger partial charge in [0.15, 0.2) is 0 Å². The molecule has 2 heteroatoms. The molecule has 0 heterocycles. The van der Waals surface area contributed by atoms with Crippen LogP contribution in [0.1, 0.15) is 38.2 Å². The number of anilines is 1. The van der Waals surface area contributed by atoms with E-state index >= 15 is 0 Å². The Morgan fingerprint density at radius 1 is 1.00 bits per heavy atom. The lowest BCUT2D eigenvalue weighted by atomic mass is 10.1. The van der Waals surface area contributed by atoms with Crippen molar-refractivity contribution in [3.8, 4) is 0 Å². The maximum atomic E-state index is 5.45. The van der Waals surface area contributed by atoms with Gasteiger partial charge in [-0.2, -0.15) is 0 Å². The molecule has 3 N–H and O–H groups in total. The van der Waals surface area contributed by atoms with Crippen molar-refractivity contribution < 1.29 is 0 Å². The molecule has 0 spiro atoms. The zero-order valence-electron chi connectivity index (χ0n) is 10.3. The van der Waals surface area contributed by atoms with Crippen molar-refractivity contribution in [3.63, 3.8) is 0 Å². The second kappa shape index (κ2) is 8.17. The first-order valence-corrected chi connectivity index (χ1v) is 6.39. The molecule has 0 aliphatic rings. The van der Waals surface area contributed by atoms with Crippen molar-refractivity contribution in [2.24, 2.45) is 5.73 Å². The van der Waals surface area contributed by atoms with Gasteiger partial charge in [-0.1, -0.05) is 31.9 Å². The van der Waals surface area contributed by atoms with Gasteiger partial charge in [-0.3, -0.25) is 0 Å². The molecule has 16 heavy (non-hydrogen) atoms. The van der Waals surface area contributed by atoms with Crippen LogP contribution in [0.4, 0.5) is 5.69 Å². The summed E-state index contributed by atoms with van der Waals surface area (Å²) in [6, 6.07) is 8.71. The summed E-state index contributed by atoms with van der Waals surface area (Å²) in [4.78, 5) is 0. The minimum absolute atomic E-state index is 0.825. The Bertz CT molecular complexity index is 267. The lowest BCUT2D eigenvalue weighted by Gasteiger charge is -2.06. The van der Waals surface area contributed by atoms with E-state index in [4.69, 9.17) is 5.73 Å². The first-order chi connectivity index (χ1) is 7.86. The molecule has 0 fully saturated rings. The van der Waals surface area contributed by atoms with E-state index in [0.717, 1.165) is 25.9 Å². The van der Waals surface area contributed by atoms with Gasteiger partial charge in [-0.25, -0.2) is 0 Å². The van der Waals surface area contributed by atoms with Gasteiger partial charge in [0.1, 0.15) is 0 Å². The smallest absolute Gasteiger partial charge is 0.0340 e. The zero-order chi connectivity index (χ0) is 11.6. The first kappa shape index (κ1) is 13.0. The van der Waals surface area contributed by atoms with Crippen LogP contribution in [0.15, 0.2) is 24.3 Å². The number of nitrogens with one attached hydrogen (secondary N) is 1. The van der Waals surface area contributed by atoms with E-state index < -0.39 is 0 Å². The monoisotopic (exact) mass is 220 g/mol. The molecule has 0 radical (unpaired) electrons. The van der Waals surface area contributed by atoms with E-state index in [0.29, 0.717) is 0 Å². The summed E-state index contributed by atoms with van der Waals surface area (Å²) in [6.07, 6.45) is 6.03. The quantitative estimate of drug-likeness (QED) is 0.660. The molecule has 0 amide bonds. The summed E-state index contributed by atoms with van der Waals surface area (Å²) in [6.45, 7) is 4.07. The highest BCUT2D eigenvalue weighted by Gasteiger charge is 1.93. The molecule has 0 aliphatic heterocycles. The van der Waals surface area contributed by atoms with Crippen molar-refractivity contribution in [2.45, 2.75) is 39.0 Å². The first-order valence-electron chi connectivity index (χ1n) is 6.39. The summed E-state index contributed by atoms with van der Waals surface area (Å²) in [5.41, 5.74) is 8.08. The minimum Gasteiger partial charge on any atom is -0.385 e. The second-order valence-corrected chi connectivity index (χ2v) is 4.18. The van der Waals surface area contributed by atoms with Crippen LogP contribution < -0.4 is 11.1 Å². The van der Waals surface area contributed by atoms with E-state index in [2.05, 4.69) is 36.5 Å². The van der Waals surface area contributed by atoms with Gasteiger partial charge >= 0.3 is 0 Å². The van der Waals surface area contributed by atoms with Gasteiger partial charge in [0.05, 0.1) is 0 Å². The number of rotatable bonds is 8. The summed E-state index contributed by atoms with van der Waals surface area (Å²) in [5, 5.41) is 3.44. The second-order valence-electron chi connectivity index (χ2n) is 4.18. The van der Waals surface area contributed by atoms with Crippen LogP contribution in [0.3, 0.4) is 0 Å². The number of benzene rings is 1. The highest BCUT2D eigenvalue weighted by Crippen LogP contribution is 2.10. The van der Waals surface area contributed by atoms with Crippen LogP contribution >= 0.6 is 0 Å². The molecule has 0 unspecified atom stereocenters. The molecule has 0 bridgehead atoms. The van der Waals surface area contributed by atoms with Crippen molar-refractivity contribution in [1.82, 2.24) is 0 Å². The number of aryl methyl sites for hydroxylation is 1. The third-order valence-electron chi connectivity index (χ3n) is 2.82. The van der Waals surface area contributed by atoms with Gasteiger partial charge in [-0.15, -0.1) is 0 Å². The highest BCUT2D eigenvalue weighted by molar-refractivity contribution is 5.44. The largest absolute Gasteiger partial charge is 0.385 e. The van der Waals surface area contributed by atoms with E-state index in [1.54, 1.807) is 0 Å². The fourth-order valence-corrected chi connectivity index (χ4v) is 1.71. The molecule has 1 aromatic carbocycles. The average Bonchev–Trinajstić information content (AvgIpc) is 2.34. The van der Waals surface area contributed by atoms with Crippen molar-refractivity contribution >= 4 is 5.69 Å². The van der Waals surface area contributed by atoms with E-state index in [9.17, 15) is 0 Å². The molecule has 2 nitrogen and oxygen atoms in total. The lowest BCUT2D eigenvalue weighted by Crippen LogP contribution is -2.02.